The fraction of sp³-hybridized carbons (Fsp3) is 1.00. The van der Waals surface area contributed by atoms with E-state index in [1.807, 2.05) is 6.92 Å². The molecule has 0 aromatic rings. The topological polar surface area (TPSA) is 46.2 Å². The van der Waals surface area contributed by atoms with E-state index in [1.165, 1.54) is 0 Å². The Labute approximate surface area is 91.3 Å². The first-order chi connectivity index (χ1) is 6.55. The minimum atomic E-state index is -3.05. The Hall–Kier alpha value is 0.200. The highest BCUT2D eigenvalue weighted by Crippen LogP contribution is 2.29. The summed E-state index contributed by atoms with van der Waals surface area (Å²) in [6, 6.07) is 0. The third kappa shape index (κ3) is 3.75. The number of hydrogen-bond donors (Lipinski definition) is 1. The highest BCUT2D eigenvalue weighted by molar-refractivity contribution is 7.89. The molecule has 1 saturated carbocycles. The fourth-order valence-corrected chi connectivity index (χ4v) is 3.32. The van der Waals surface area contributed by atoms with Crippen LogP contribution in [0.4, 0.5) is 0 Å². The predicted octanol–water partition coefficient (Wildman–Crippen LogP) is 1.72. The van der Waals surface area contributed by atoms with Gasteiger partial charge in [0, 0.05) is 11.9 Å². The van der Waals surface area contributed by atoms with Gasteiger partial charge < -0.3 is 0 Å². The summed E-state index contributed by atoms with van der Waals surface area (Å²) in [4.78, 5) is 0. The van der Waals surface area contributed by atoms with Crippen LogP contribution >= 0.6 is 11.6 Å². The number of hydrogen-bond acceptors (Lipinski definition) is 2. The zero-order valence-electron chi connectivity index (χ0n) is 8.50. The number of alkyl halides is 1. The van der Waals surface area contributed by atoms with E-state index in [0.29, 0.717) is 18.9 Å². The summed E-state index contributed by atoms with van der Waals surface area (Å²) in [7, 11) is -3.05. The lowest BCUT2D eigenvalue weighted by atomic mass is 10.1. The van der Waals surface area contributed by atoms with Crippen LogP contribution in [0.3, 0.4) is 0 Å². The maximum absolute atomic E-state index is 11.3. The van der Waals surface area contributed by atoms with Crippen molar-refractivity contribution in [3.05, 3.63) is 0 Å². The molecule has 0 bridgehead atoms. The Morgan fingerprint density at radius 2 is 2.14 bits per heavy atom. The lowest BCUT2D eigenvalue weighted by molar-refractivity contribution is 0.523. The van der Waals surface area contributed by atoms with Gasteiger partial charge in [-0.25, -0.2) is 13.1 Å². The Bertz CT molecular complexity index is 266. The standard InChI is InChI=1S/C9H18ClNO2S/c1-2-6-14(12,13)11-7-8-4-3-5-9(8)10/h8-9,11H,2-7H2,1H3. The Morgan fingerprint density at radius 1 is 1.43 bits per heavy atom. The van der Waals surface area contributed by atoms with Crippen LogP contribution in [0.25, 0.3) is 0 Å². The van der Waals surface area contributed by atoms with E-state index in [1.54, 1.807) is 0 Å². The van der Waals surface area contributed by atoms with Crippen LogP contribution in [0.5, 0.6) is 0 Å². The van der Waals surface area contributed by atoms with Crippen molar-refractivity contribution in [2.45, 2.75) is 38.0 Å². The van der Waals surface area contributed by atoms with E-state index in [9.17, 15) is 8.42 Å². The molecular weight excluding hydrogens is 222 g/mol. The first-order valence-corrected chi connectivity index (χ1v) is 7.25. The molecule has 1 fully saturated rings. The molecule has 0 aromatic carbocycles. The average Bonchev–Trinajstić information content (AvgIpc) is 2.48. The molecule has 2 unspecified atom stereocenters. The largest absolute Gasteiger partial charge is 0.215 e. The number of sulfonamides is 1. The molecular formula is C9H18ClNO2S. The van der Waals surface area contributed by atoms with Crippen LogP contribution in [0, 0.1) is 5.92 Å². The first-order valence-electron chi connectivity index (χ1n) is 5.16. The summed E-state index contributed by atoms with van der Waals surface area (Å²) in [5.41, 5.74) is 0. The van der Waals surface area contributed by atoms with Gasteiger partial charge in [0.05, 0.1) is 5.75 Å². The second-order valence-electron chi connectivity index (χ2n) is 3.87. The Morgan fingerprint density at radius 3 is 2.64 bits per heavy atom. The maximum atomic E-state index is 11.3. The minimum absolute atomic E-state index is 0.152. The van der Waals surface area contributed by atoms with Crippen molar-refractivity contribution in [2.24, 2.45) is 5.92 Å². The molecule has 0 aliphatic heterocycles. The van der Waals surface area contributed by atoms with Crippen molar-refractivity contribution in [1.82, 2.24) is 4.72 Å². The summed E-state index contributed by atoms with van der Waals surface area (Å²) >= 11 is 6.05. The molecule has 0 heterocycles. The third-order valence-corrected chi connectivity index (χ3v) is 4.73. The fourth-order valence-electron chi connectivity index (χ4n) is 1.80. The summed E-state index contributed by atoms with van der Waals surface area (Å²) in [5.74, 6) is 0.537. The van der Waals surface area contributed by atoms with E-state index in [0.717, 1.165) is 19.3 Å². The average molecular weight is 240 g/mol. The van der Waals surface area contributed by atoms with Crippen molar-refractivity contribution in [3.8, 4) is 0 Å². The molecule has 0 aromatic heterocycles. The molecule has 0 saturated heterocycles. The highest BCUT2D eigenvalue weighted by atomic mass is 35.5. The second-order valence-corrected chi connectivity index (χ2v) is 6.36. The van der Waals surface area contributed by atoms with E-state index < -0.39 is 10.0 Å². The third-order valence-electron chi connectivity index (χ3n) is 2.60. The number of rotatable bonds is 5. The van der Waals surface area contributed by atoms with Gasteiger partial charge in [0.1, 0.15) is 0 Å². The van der Waals surface area contributed by atoms with Crippen molar-refractivity contribution in [2.75, 3.05) is 12.3 Å². The summed E-state index contributed by atoms with van der Waals surface area (Å²) in [6.07, 6.45) is 3.84. The molecule has 14 heavy (non-hydrogen) atoms. The molecule has 1 N–H and O–H groups in total. The van der Waals surface area contributed by atoms with Crippen molar-refractivity contribution < 1.29 is 8.42 Å². The summed E-state index contributed by atoms with van der Waals surface area (Å²) in [6.45, 7) is 2.37. The Balaban J connectivity index is 2.32. The van der Waals surface area contributed by atoms with Crippen LogP contribution in [0.15, 0.2) is 0 Å². The minimum Gasteiger partial charge on any atom is -0.215 e. The van der Waals surface area contributed by atoms with Crippen molar-refractivity contribution >= 4 is 21.6 Å². The SMILES string of the molecule is CCCS(=O)(=O)NCC1CCCC1Cl. The molecule has 0 amide bonds. The quantitative estimate of drug-likeness (QED) is 0.743. The highest BCUT2D eigenvalue weighted by Gasteiger charge is 2.26. The number of halogens is 1. The van der Waals surface area contributed by atoms with E-state index in [2.05, 4.69) is 4.72 Å². The monoisotopic (exact) mass is 239 g/mol. The van der Waals surface area contributed by atoms with Gasteiger partial charge in [0.25, 0.3) is 0 Å². The maximum Gasteiger partial charge on any atom is 0.211 e. The van der Waals surface area contributed by atoms with E-state index in [4.69, 9.17) is 11.6 Å². The normalized spacial score (nSPS) is 28.1. The molecule has 5 heteroatoms. The molecule has 2 atom stereocenters. The van der Waals surface area contributed by atoms with Crippen LogP contribution in [-0.2, 0) is 10.0 Å². The lowest BCUT2D eigenvalue weighted by Crippen LogP contribution is -2.32. The zero-order valence-corrected chi connectivity index (χ0v) is 10.1. The second kappa shape index (κ2) is 5.33. The molecule has 0 spiro atoms. The van der Waals surface area contributed by atoms with E-state index in [-0.39, 0.29) is 11.1 Å². The van der Waals surface area contributed by atoms with E-state index >= 15 is 0 Å². The predicted molar refractivity (Wildman–Crippen MR) is 59.1 cm³/mol. The van der Waals surface area contributed by atoms with Crippen molar-refractivity contribution in [1.29, 1.82) is 0 Å². The van der Waals surface area contributed by atoms with Gasteiger partial charge in [-0.05, 0) is 25.2 Å². The Kier molecular flexibility index (Phi) is 4.67. The summed E-state index contributed by atoms with van der Waals surface area (Å²) in [5, 5.41) is 0.152. The zero-order chi connectivity index (χ0) is 10.6. The van der Waals surface area contributed by atoms with Crippen LogP contribution in [0.2, 0.25) is 0 Å². The molecule has 0 radical (unpaired) electrons. The molecule has 3 nitrogen and oxygen atoms in total. The van der Waals surface area contributed by atoms with Gasteiger partial charge in [0.15, 0.2) is 0 Å². The smallest absolute Gasteiger partial charge is 0.211 e. The van der Waals surface area contributed by atoms with Crippen molar-refractivity contribution in [3.63, 3.8) is 0 Å². The van der Waals surface area contributed by atoms with Gasteiger partial charge in [-0.15, -0.1) is 11.6 Å². The molecule has 84 valence electrons. The lowest BCUT2D eigenvalue weighted by Gasteiger charge is -2.14. The summed E-state index contributed by atoms with van der Waals surface area (Å²) < 4.78 is 25.3. The van der Waals surface area contributed by atoms with Gasteiger partial charge in [-0.3, -0.25) is 0 Å². The first kappa shape index (κ1) is 12.3. The molecule has 1 aliphatic carbocycles. The van der Waals surface area contributed by atoms with Crippen LogP contribution < -0.4 is 4.72 Å². The van der Waals surface area contributed by atoms with Crippen LogP contribution in [-0.4, -0.2) is 26.1 Å². The molecule has 1 rings (SSSR count). The molecule has 1 aliphatic rings. The van der Waals surface area contributed by atoms with Gasteiger partial charge in [-0.2, -0.15) is 0 Å². The van der Waals surface area contributed by atoms with Gasteiger partial charge in [0.2, 0.25) is 10.0 Å². The van der Waals surface area contributed by atoms with Gasteiger partial charge in [-0.1, -0.05) is 13.3 Å². The van der Waals surface area contributed by atoms with Gasteiger partial charge >= 0.3 is 0 Å². The number of nitrogens with one attached hydrogen (secondary N) is 1. The van der Waals surface area contributed by atoms with Crippen LogP contribution in [0.1, 0.15) is 32.6 Å².